The quantitative estimate of drug-likeness (QED) is 0.591. The lowest BCUT2D eigenvalue weighted by Gasteiger charge is -2.24. The maximum absolute atomic E-state index is 2.61. The molecule has 0 amide bonds. The monoisotopic (exact) mass is 169 g/mol. The van der Waals surface area contributed by atoms with Crippen molar-refractivity contribution < 1.29 is 0 Å². The second-order valence-electron chi connectivity index (χ2n) is 4.22. The van der Waals surface area contributed by atoms with Gasteiger partial charge in [0.2, 0.25) is 0 Å². The highest BCUT2D eigenvalue weighted by molar-refractivity contribution is 4.94. The SMILES string of the molecule is CCCN(CC)CC1(CC)CC1. The van der Waals surface area contributed by atoms with Crippen LogP contribution in [0.15, 0.2) is 0 Å². The Hall–Kier alpha value is -0.0400. The average molecular weight is 169 g/mol. The molecule has 0 atom stereocenters. The number of hydrogen-bond acceptors (Lipinski definition) is 1. The highest BCUT2D eigenvalue weighted by Crippen LogP contribution is 2.49. The molecule has 0 aromatic rings. The number of hydrogen-bond donors (Lipinski definition) is 0. The van der Waals surface area contributed by atoms with E-state index in [1.807, 2.05) is 0 Å². The van der Waals surface area contributed by atoms with Crippen LogP contribution in [0.1, 0.15) is 46.5 Å². The molecule has 72 valence electrons. The first-order chi connectivity index (χ1) is 5.76. The molecule has 1 heteroatoms. The van der Waals surface area contributed by atoms with Crippen molar-refractivity contribution in [1.82, 2.24) is 4.90 Å². The molecular weight excluding hydrogens is 146 g/mol. The van der Waals surface area contributed by atoms with Crippen molar-refractivity contribution in [2.45, 2.75) is 46.5 Å². The van der Waals surface area contributed by atoms with Gasteiger partial charge in [-0.2, -0.15) is 0 Å². The van der Waals surface area contributed by atoms with Crippen LogP contribution in [0, 0.1) is 5.41 Å². The smallest absolute Gasteiger partial charge is 0.00378 e. The molecule has 0 aliphatic heterocycles. The molecule has 0 aromatic carbocycles. The Morgan fingerprint density at radius 3 is 2.17 bits per heavy atom. The summed E-state index contributed by atoms with van der Waals surface area (Å²) in [5.41, 5.74) is 0.741. The van der Waals surface area contributed by atoms with Gasteiger partial charge in [-0.25, -0.2) is 0 Å². The summed E-state index contributed by atoms with van der Waals surface area (Å²) in [6.45, 7) is 10.8. The van der Waals surface area contributed by atoms with Crippen LogP contribution in [0.3, 0.4) is 0 Å². The summed E-state index contributed by atoms with van der Waals surface area (Å²) in [5, 5.41) is 0. The van der Waals surface area contributed by atoms with Gasteiger partial charge < -0.3 is 4.90 Å². The molecule has 0 spiro atoms. The summed E-state index contributed by atoms with van der Waals surface area (Å²) in [7, 11) is 0. The second kappa shape index (κ2) is 4.27. The Morgan fingerprint density at radius 2 is 1.83 bits per heavy atom. The summed E-state index contributed by atoms with van der Waals surface area (Å²) in [4.78, 5) is 2.61. The first kappa shape index (κ1) is 10.0. The molecule has 0 bridgehead atoms. The van der Waals surface area contributed by atoms with Gasteiger partial charge in [-0.05, 0) is 44.2 Å². The van der Waals surface area contributed by atoms with E-state index in [9.17, 15) is 0 Å². The summed E-state index contributed by atoms with van der Waals surface area (Å²) in [6, 6.07) is 0. The second-order valence-corrected chi connectivity index (χ2v) is 4.22. The van der Waals surface area contributed by atoms with E-state index >= 15 is 0 Å². The predicted octanol–water partition coefficient (Wildman–Crippen LogP) is 2.91. The molecule has 1 rings (SSSR count). The van der Waals surface area contributed by atoms with Crippen LogP contribution in [0.2, 0.25) is 0 Å². The largest absolute Gasteiger partial charge is 0.303 e. The van der Waals surface area contributed by atoms with Crippen LogP contribution >= 0.6 is 0 Å². The third-order valence-electron chi connectivity index (χ3n) is 3.25. The van der Waals surface area contributed by atoms with Crippen LogP contribution in [-0.4, -0.2) is 24.5 Å². The van der Waals surface area contributed by atoms with Crippen molar-refractivity contribution in [3.63, 3.8) is 0 Å². The predicted molar refractivity (Wildman–Crippen MR) is 54.4 cm³/mol. The molecule has 12 heavy (non-hydrogen) atoms. The molecule has 0 radical (unpaired) electrons. The first-order valence-electron chi connectivity index (χ1n) is 5.48. The van der Waals surface area contributed by atoms with Gasteiger partial charge in [0, 0.05) is 6.54 Å². The van der Waals surface area contributed by atoms with Gasteiger partial charge in [-0.3, -0.25) is 0 Å². The third kappa shape index (κ3) is 2.48. The van der Waals surface area contributed by atoms with E-state index in [2.05, 4.69) is 25.7 Å². The molecule has 0 N–H and O–H groups in total. The molecule has 1 aliphatic carbocycles. The van der Waals surface area contributed by atoms with E-state index in [-0.39, 0.29) is 0 Å². The van der Waals surface area contributed by atoms with Crippen molar-refractivity contribution in [2.75, 3.05) is 19.6 Å². The Balaban J connectivity index is 2.26. The van der Waals surface area contributed by atoms with Crippen LogP contribution in [0.25, 0.3) is 0 Å². The highest BCUT2D eigenvalue weighted by atomic mass is 15.1. The molecule has 0 saturated heterocycles. The van der Waals surface area contributed by atoms with E-state index in [1.54, 1.807) is 0 Å². The minimum atomic E-state index is 0.741. The van der Waals surface area contributed by atoms with Crippen molar-refractivity contribution in [1.29, 1.82) is 0 Å². The zero-order valence-electron chi connectivity index (χ0n) is 8.90. The van der Waals surface area contributed by atoms with Gasteiger partial charge in [0.1, 0.15) is 0 Å². The van der Waals surface area contributed by atoms with Gasteiger partial charge in [-0.1, -0.05) is 20.8 Å². The molecule has 1 fully saturated rings. The lowest BCUT2D eigenvalue weighted by molar-refractivity contribution is 0.225. The van der Waals surface area contributed by atoms with Gasteiger partial charge in [0.05, 0.1) is 0 Å². The molecule has 1 aliphatic rings. The van der Waals surface area contributed by atoms with E-state index in [1.165, 1.54) is 45.3 Å². The fourth-order valence-corrected chi connectivity index (χ4v) is 1.94. The summed E-state index contributed by atoms with van der Waals surface area (Å²) >= 11 is 0. The van der Waals surface area contributed by atoms with Crippen LogP contribution < -0.4 is 0 Å². The van der Waals surface area contributed by atoms with E-state index in [0.717, 1.165) is 5.41 Å². The van der Waals surface area contributed by atoms with Crippen molar-refractivity contribution >= 4 is 0 Å². The average Bonchev–Trinajstić information content (AvgIpc) is 2.85. The molecule has 0 aromatic heterocycles. The summed E-state index contributed by atoms with van der Waals surface area (Å²) in [5.74, 6) is 0. The fraction of sp³-hybridized carbons (Fsp3) is 1.00. The third-order valence-corrected chi connectivity index (χ3v) is 3.25. The number of nitrogens with zero attached hydrogens (tertiary/aromatic N) is 1. The lowest BCUT2D eigenvalue weighted by Crippen LogP contribution is -2.30. The molecular formula is C11H23N. The molecule has 0 heterocycles. The van der Waals surface area contributed by atoms with Crippen LogP contribution in [-0.2, 0) is 0 Å². The number of rotatable bonds is 6. The maximum Gasteiger partial charge on any atom is 0.00378 e. The van der Waals surface area contributed by atoms with E-state index in [0.29, 0.717) is 0 Å². The minimum Gasteiger partial charge on any atom is -0.303 e. The van der Waals surface area contributed by atoms with Gasteiger partial charge >= 0.3 is 0 Å². The topological polar surface area (TPSA) is 3.24 Å². The fourth-order valence-electron chi connectivity index (χ4n) is 1.94. The van der Waals surface area contributed by atoms with E-state index < -0.39 is 0 Å². The van der Waals surface area contributed by atoms with Gasteiger partial charge in [-0.15, -0.1) is 0 Å². The first-order valence-corrected chi connectivity index (χ1v) is 5.48. The highest BCUT2D eigenvalue weighted by Gasteiger charge is 2.41. The van der Waals surface area contributed by atoms with Crippen molar-refractivity contribution in [2.24, 2.45) is 5.41 Å². The summed E-state index contributed by atoms with van der Waals surface area (Å²) in [6.07, 6.45) is 5.63. The van der Waals surface area contributed by atoms with Crippen LogP contribution in [0.5, 0.6) is 0 Å². The zero-order chi connectivity index (χ0) is 9.03. The molecule has 0 unspecified atom stereocenters. The Kier molecular flexibility index (Phi) is 3.57. The normalized spacial score (nSPS) is 20.0. The lowest BCUT2D eigenvalue weighted by atomic mass is 10.0. The Bertz CT molecular complexity index is 127. The minimum absolute atomic E-state index is 0.741. The van der Waals surface area contributed by atoms with Crippen LogP contribution in [0.4, 0.5) is 0 Å². The van der Waals surface area contributed by atoms with Crippen molar-refractivity contribution in [3.05, 3.63) is 0 Å². The molecule has 1 saturated carbocycles. The van der Waals surface area contributed by atoms with Crippen molar-refractivity contribution in [3.8, 4) is 0 Å². The Labute approximate surface area is 77.1 Å². The Morgan fingerprint density at radius 1 is 1.17 bits per heavy atom. The molecule has 1 nitrogen and oxygen atoms in total. The van der Waals surface area contributed by atoms with E-state index in [4.69, 9.17) is 0 Å². The van der Waals surface area contributed by atoms with Gasteiger partial charge in [0.15, 0.2) is 0 Å². The van der Waals surface area contributed by atoms with Gasteiger partial charge in [0.25, 0.3) is 0 Å². The maximum atomic E-state index is 2.61. The zero-order valence-corrected chi connectivity index (χ0v) is 8.90. The standard InChI is InChI=1S/C11H23N/c1-4-9-12(6-3)10-11(5-2)7-8-11/h4-10H2,1-3H3. The summed E-state index contributed by atoms with van der Waals surface area (Å²) < 4.78 is 0.